The zero-order chi connectivity index (χ0) is 19.6. The number of halogens is 4. The third-order valence-electron chi connectivity index (χ3n) is 3.98. The molecule has 0 saturated carbocycles. The molecule has 1 aliphatic rings. The van der Waals surface area contributed by atoms with Crippen LogP contribution in [0, 0.1) is 5.82 Å². The number of rotatable bonds is 4. The van der Waals surface area contributed by atoms with Crippen LogP contribution in [-0.4, -0.2) is 31.2 Å². The summed E-state index contributed by atoms with van der Waals surface area (Å²) in [6, 6.07) is 9.07. The molecule has 0 unspecified atom stereocenters. The van der Waals surface area contributed by atoms with Gasteiger partial charge < -0.3 is 10.1 Å². The molecule has 1 N–H and O–H groups in total. The predicted molar refractivity (Wildman–Crippen MR) is 87.8 cm³/mol. The number of hydrogen-bond donors (Lipinski definition) is 1. The summed E-state index contributed by atoms with van der Waals surface area (Å²) in [6.07, 6.45) is -5.74. The fourth-order valence-electron chi connectivity index (χ4n) is 2.58. The Kier molecular flexibility index (Phi) is 5.02. The van der Waals surface area contributed by atoms with Gasteiger partial charge in [0.1, 0.15) is 11.9 Å². The van der Waals surface area contributed by atoms with Gasteiger partial charge in [-0.05, 0) is 48.5 Å². The first-order valence-corrected chi connectivity index (χ1v) is 7.93. The van der Waals surface area contributed by atoms with Crippen molar-refractivity contribution in [3.05, 3.63) is 65.5 Å². The molecule has 5 nitrogen and oxygen atoms in total. The molecule has 1 heterocycles. The molecular weight excluding hydrogens is 368 g/mol. The molecule has 0 spiro atoms. The SMILES string of the molecule is O=C(NC[C@H]1CN(c2ccc(F)cc2)C(=O)O1)c1ccc(C(F)(F)F)cc1. The molecule has 2 aromatic carbocycles. The second kappa shape index (κ2) is 7.26. The second-order valence-corrected chi connectivity index (χ2v) is 5.88. The summed E-state index contributed by atoms with van der Waals surface area (Å²) in [5.41, 5.74) is -0.334. The number of cyclic esters (lactones) is 1. The minimum Gasteiger partial charge on any atom is -0.442 e. The van der Waals surface area contributed by atoms with E-state index in [1.54, 1.807) is 0 Å². The minimum absolute atomic E-state index is 0.0106. The molecule has 0 radical (unpaired) electrons. The average Bonchev–Trinajstić information content (AvgIpc) is 3.00. The van der Waals surface area contributed by atoms with E-state index in [9.17, 15) is 27.2 Å². The van der Waals surface area contributed by atoms with Crippen LogP contribution in [-0.2, 0) is 10.9 Å². The summed E-state index contributed by atoms with van der Waals surface area (Å²) in [4.78, 5) is 25.3. The first-order valence-electron chi connectivity index (χ1n) is 7.93. The van der Waals surface area contributed by atoms with Crippen molar-refractivity contribution in [1.29, 1.82) is 0 Å². The van der Waals surface area contributed by atoms with Crippen LogP contribution in [0.4, 0.5) is 28.0 Å². The summed E-state index contributed by atoms with van der Waals surface area (Å²) < 4.78 is 55.7. The summed E-state index contributed by atoms with van der Waals surface area (Å²) >= 11 is 0. The molecule has 2 aromatic rings. The molecule has 27 heavy (non-hydrogen) atoms. The number of hydrogen-bond acceptors (Lipinski definition) is 3. The number of ether oxygens (including phenoxy) is 1. The lowest BCUT2D eigenvalue weighted by atomic mass is 10.1. The van der Waals surface area contributed by atoms with Crippen molar-refractivity contribution in [2.45, 2.75) is 12.3 Å². The third-order valence-corrected chi connectivity index (χ3v) is 3.98. The topological polar surface area (TPSA) is 58.6 Å². The van der Waals surface area contributed by atoms with Gasteiger partial charge in [-0.3, -0.25) is 9.69 Å². The molecule has 0 aromatic heterocycles. The quantitative estimate of drug-likeness (QED) is 0.822. The summed E-state index contributed by atoms with van der Waals surface area (Å²) in [6.45, 7) is 0.140. The van der Waals surface area contributed by atoms with E-state index in [2.05, 4.69) is 5.32 Å². The number of amides is 2. The zero-order valence-corrected chi connectivity index (χ0v) is 13.8. The van der Waals surface area contributed by atoms with Crippen LogP contribution in [0.25, 0.3) is 0 Å². The number of carbonyl (C=O) groups excluding carboxylic acids is 2. The van der Waals surface area contributed by atoms with Gasteiger partial charge in [-0.2, -0.15) is 13.2 Å². The molecule has 9 heteroatoms. The van der Waals surface area contributed by atoms with Crippen LogP contribution < -0.4 is 10.2 Å². The van der Waals surface area contributed by atoms with Crippen LogP contribution in [0.3, 0.4) is 0 Å². The highest BCUT2D eigenvalue weighted by molar-refractivity contribution is 5.94. The monoisotopic (exact) mass is 382 g/mol. The lowest BCUT2D eigenvalue weighted by molar-refractivity contribution is -0.137. The number of benzene rings is 2. The van der Waals surface area contributed by atoms with E-state index >= 15 is 0 Å². The van der Waals surface area contributed by atoms with E-state index < -0.39 is 35.7 Å². The Morgan fingerprint density at radius 2 is 1.74 bits per heavy atom. The lowest BCUT2D eigenvalue weighted by Gasteiger charge is -2.13. The first-order chi connectivity index (χ1) is 12.7. The van der Waals surface area contributed by atoms with E-state index in [1.807, 2.05) is 0 Å². The van der Waals surface area contributed by atoms with Crippen molar-refractivity contribution in [2.75, 3.05) is 18.0 Å². The van der Waals surface area contributed by atoms with Gasteiger partial charge in [0.05, 0.1) is 18.7 Å². The van der Waals surface area contributed by atoms with Crippen molar-refractivity contribution < 1.29 is 31.9 Å². The maximum atomic E-state index is 13.0. The Morgan fingerprint density at radius 3 is 2.33 bits per heavy atom. The Balaban J connectivity index is 1.56. The van der Waals surface area contributed by atoms with Crippen molar-refractivity contribution in [1.82, 2.24) is 5.32 Å². The second-order valence-electron chi connectivity index (χ2n) is 5.88. The van der Waals surface area contributed by atoms with Crippen molar-refractivity contribution >= 4 is 17.7 Å². The van der Waals surface area contributed by atoms with Crippen LogP contribution in [0.2, 0.25) is 0 Å². The zero-order valence-electron chi connectivity index (χ0n) is 13.8. The van der Waals surface area contributed by atoms with E-state index in [0.29, 0.717) is 5.69 Å². The molecule has 1 aliphatic heterocycles. The molecule has 1 fully saturated rings. The van der Waals surface area contributed by atoms with E-state index in [-0.39, 0.29) is 18.7 Å². The number of nitrogens with one attached hydrogen (secondary N) is 1. The van der Waals surface area contributed by atoms with Crippen LogP contribution >= 0.6 is 0 Å². The number of carbonyl (C=O) groups is 2. The number of alkyl halides is 3. The van der Waals surface area contributed by atoms with Gasteiger partial charge in [0.25, 0.3) is 5.91 Å². The molecule has 142 valence electrons. The van der Waals surface area contributed by atoms with E-state index in [1.165, 1.54) is 29.2 Å². The minimum atomic E-state index is -4.48. The normalized spacial score (nSPS) is 17.0. The molecule has 1 saturated heterocycles. The standard InChI is InChI=1S/C18H14F4N2O3/c19-13-5-7-14(8-6-13)24-10-15(27-17(24)26)9-23-16(25)11-1-3-12(4-2-11)18(20,21)22/h1-8,15H,9-10H2,(H,23,25)/t15-/m0/s1. The molecule has 0 bridgehead atoms. The maximum Gasteiger partial charge on any atom is 0.416 e. The van der Waals surface area contributed by atoms with Crippen LogP contribution in [0.15, 0.2) is 48.5 Å². The fourth-order valence-corrected chi connectivity index (χ4v) is 2.58. The largest absolute Gasteiger partial charge is 0.442 e. The summed E-state index contributed by atoms with van der Waals surface area (Å²) in [5, 5.41) is 2.52. The maximum absolute atomic E-state index is 13.0. The van der Waals surface area contributed by atoms with Gasteiger partial charge in [0.2, 0.25) is 0 Å². The van der Waals surface area contributed by atoms with Crippen LogP contribution in [0.5, 0.6) is 0 Å². The van der Waals surface area contributed by atoms with Gasteiger partial charge in [-0.15, -0.1) is 0 Å². The number of nitrogens with zero attached hydrogens (tertiary/aromatic N) is 1. The molecule has 2 amide bonds. The lowest BCUT2D eigenvalue weighted by Crippen LogP contribution is -2.34. The van der Waals surface area contributed by atoms with Gasteiger partial charge in [0.15, 0.2) is 0 Å². The summed E-state index contributed by atoms with van der Waals surface area (Å²) in [7, 11) is 0. The van der Waals surface area contributed by atoms with Gasteiger partial charge in [-0.1, -0.05) is 0 Å². The summed E-state index contributed by atoms with van der Waals surface area (Å²) in [5.74, 6) is -1.02. The highest BCUT2D eigenvalue weighted by Crippen LogP contribution is 2.29. The average molecular weight is 382 g/mol. The fraction of sp³-hybridized carbons (Fsp3) is 0.222. The predicted octanol–water partition coefficient (Wildman–Crippen LogP) is 3.60. The first kappa shape index (κ1) is 18.7. The van der Waals surface area contributed by atoms with Crippen LogP contribution in [0.1, 0.15) is 15.9 Å². The molecular formula is C18H14F4N2O3. The third kappa shape index (κ3) is 4.36. The molecule has 0 aliphatic carbocycles. The smallest absolute Gasteiger partial charge is 0.416 e. The van der Waals surface area contributed by atoms with E-state index in [4.69, 9.17) is 4.74 Å². The van der Waals surface area contributed by atoms with E-state index in [0.717, 1.165) is 24.3 Å². The van der Waals surface area contributed by atoms with Gasteiger partial charge in [-0.25, -0.2) is 9.18 Å². The van der Waals surface area contributed by atoms with Crippen molar-refractivity contribution in [2.24, 2.45) is 0 Å². The van der Waals surface area contributed by atoms with Gasteiger partial charge in [0, 0.05) is 11.3 Å². The Labute approximate surface area is 151 Å². The molecule has 1 atom stereocenters. The highest BCUT2D eigenvalue weighted by atomic mass is 19.4. The molecule has 3 rings (SSSR count). The highest BCUT2D eigenvalue weighted by Gasteiger charge is 2.33. The Hall–Kier alpha value is -3.10. The number of anilines is 1. The van der Waals surface area contributed by atoms with Crippen molar-refractivity contribution in [3.8, 4) is 0 Å². The van der Waals surface area contributed by atoms with Gasteiger partial charge >= 0.3 is 12.3 Å². The Morgan fingerprint density at radius 1 is 1.11 bits per heavy atom. The Bertz CT molecular complexity index is 835. The van der Waals surface area contributed by atoms with Crippen molar-refractivity contribution in [3.63, 3.8) is 0 Å².